The summed E-state index contributed by atoms with van der Waals surface area (Å²) in [6, 6.07) is 7.02. The summed E-state index contributed by atoms with van der Waals surface area (Å²) in [4.78, 5) is 8.61. The number of aromatic nitrogens is 3. The highest BCUT2D eigenvalue weighted by Crippen LogP contribution is 2.31. The maximum Gasteiger partial charge on any atom is 0.258 e. The second-order valence-corrected chi connectivity index (χ2v) is 6.13. The quantitative estimate of drug-likeness (QED) is 0.680. The molecule has 3 aromatic rings. The molecule has 0 aliphatic heterocycles. The average molecular weight is 411 g/mol. The topological polar surface area (TPSA) is 72.0 Å². The third-order valence-corrected chi connectivity index (χ3v) is 4.02. The van der Waals surface area contributed by atoms with Crippen LogP contribution in [0, 0.1) is 6.92 Å². The molecule has 0 amide bonds. The third kappa shape index (κ3) is 2.71. The summed E-state index contributed by atoms with van der Waals surface area (Å²) in [5, 5.41) is 13.7. The van der Waals surface area contributed by atoms with E-state index in [-0.39, 0.29) is 5.75 Å². The molecular formula is C14H9Br2N3O2. The van der Waals surface area contributed by atoms with E-state index in [1.165, 1.54) is 0 Å². The van der Waals surface area contributed by atoms with Crippen LogP contribution in [-0.4, -0.2) is 20.2 Å². The Kier molecular flexibility index (Phi) is 3.77. The van der Waals surface area contributed by atoms with Crippen molar-refractivity contribution < 1.29 is 9.63 Å². The van der Waals surface area contributed by atoms with E-state index in [0.717, 1.165) is 8.95 Å². The van der Waals surface area contributed by atoms with Crippen LogP contribution in [0.5, 0.6) is 5.75 Å². The van der Waals surface area contributed by atoms with Gasteiger partial charge in [0.2, 0.25) is 5.82 Å². The predicted molar refractivity (Wildman–Crippen MR) is 84.8 cm³/mol. The number of halogens is 2. The lowest BCUT2D eigenvalue weighted by Gasteiger charge is -2.02. The van der Waals surface area contributed by atoms with Crippen molar-refractivity contribution in [2.24, 2.45) is 0 Å². The summed E-state index contributed by atoms with van der Waals surface area (Å²) < 4.78 is 6.89. The summed E-state index contributed by atoms with van der Waals surface area (Å²) >= 11 is 6.76. The van der Waals surface area contributed by atoms with Gasteiger partial charge in [0.15, 0.2) is 0 Å². The highest BCUT2D eigenvalue weighted by Gasteiger charge is 2.16. The van der Waals surface area contributed by atoms with Crippen molar-refractivity contribution in [3.8, 4) is 28.7 Å². The molecule has 0 saturated heterocycles. The van der Waals surface area contributed by atoms with Gasteiger partial charge >= 0.3 is 0 Å². The van der Waals surface area contributed by atoms with Crippen molar-refractivity contribution in [1.82, 2.24) is 15.1 Å². The highest BCUT2D eigenvalue weighted by molar-refractivity contribution is 9.11. The van der Waals surface area contributed by atoms with Crippen LogP contribution in [0.3, 0.4) is 0 Å². The minimum atomic E-state index is 0.190. The van der Waals surface area contributed by atoms with E-state index in [0.29, 0.717) is 28.5 Å². The van der Waals surface area contributed by atoms with Crippen molar-refractivity contribution in [2.75, 3.05) is 0 Å². The molecule has 2 heterocycles. The Labute approximate surface area is 137 Å². The van der Waals surface area contributed by atoms with Gasteiger partial charge in [0, 0.05) is 26.3 Å². The SMILES string of the molecule is Cc1c(O)cccc1-c1nc(-c2ncc(Br)cc2Br)no1. The molecule has 2 aromatic heterocycles. The Morgan fingerprint density at radius 1 is 1.24 bits per heavy atom. The molecule has 0 unspecified atom stereocenters. The first-order valence-electron chi connectivity index (χ1n) is 6.00. The van der Waals surface area contributed by atoms with Crippen LogP contribution < -0.4 is 0 Å². The van der Waals surface area contributed by atoms with Crippen molar-refractivity contribution in [3.05, 3.63) is 45.0 Å². The van der Waals surface area contributed by atoms with Gasteiger partial charge in [0.05, 0.1) is 0 Å². The van der Waals surface area contributed by atoms with Gasteiger partial charge in [0.25, 0.3) is 5.89 Å². The third-order valence-electron chi connectivity index (χ3n) is 2.98. The Morgan fingerprint density at radius 3 is 2.81 bits per heavy atom. The fraction of sp³-hybridized carbons (Fsp3) is 0.0714. The highest BCUT2D eigenvalue weighted by atomic mass is 79.9. The summed E-state index contributed by atoms with van der Waals surface area (Å²) in [6.45, 7) is 1.79. The number of rotatable bonds is 2. The van der Waals surface area contributed by atoms with Gasteiger partial charge in [-0.15, -0.1) is 0 Å². The standard InChI is InChI=1S/C14H9Br2N3O2/c1-7-9(3-2-4-11(7)20)14-18-13(19-21-14)12-10(16)5-8(15)6-17-12/h2-6,20H,1H3. The van der Waals surface area contributed by atoms with Gasteiger partial charge in [0.1, 0.15) is 11.4 Å². The van der Waals surface area contributed by atoms with Crippen LogP contribution in [0.1, 0.15) is 5.56 Å². The molecule has 0 aliphatic rings. The summed E-state index contributed by atoms with van der Waals surface area (Å²) in [6.07, 6.45) is 1.66. The van der Waals surface area contributed by atoms with Gasteiger partial charge in [-0.05, 0) is 57.0 Å². The number of benzene rings is 1. The van der Waals surface area contributed by atoms with Crippen molar-refractivity contribution >= 4 is 31.9 Å². The fourth-order valence-electron chi connectivity index (χ4n) is 1.86. The number of hydrogen-bond donors (Lipinski definition) is 1. The molecule has 0 spiro atoms. The Hall–Kier alpha value is -1.73. The lowest BCUT2D eigenvalue weighted by atomic mass is 10.1. The van der Waals surface area contributed by atoms with E-state index in [2.05, 4.69) is 47.0 Å². The van der Waals surface area contributed by atoms with Gasteiger partial charge in [-0.3, -0.25) is 4.98 Å². The molecule has 3 rings (SSSR count). The zero-order valence-corrected chi connectivity index (χ0v) is 14.0. The first kappa shape index (κ1) is 14.2. The largest absolute Gasteiger partial charge is 0.508 e. The zero-order chi connectivity index (χ0) is 15.0. The van der Waals surface area contributed by atoms with Gasteiger partial charge in [-0.1, -0.05) is 11.2 Å². The number of nitrogens with zero attached hydrogens (tertiary/aromatic N) is 3. The zero-order valence-electron chi connectivity index (χ0n) is 10.8. The molecule has 0 aliphatic carbocycles. The molecule has 106 valence electrons. The van der Waals surface area contributed by atoms with E-state index in [1.54, 1.807) is 25.3 Å². The Bertz CT molecular complexity index is 818. The average Bonchev–Trinajstić information content (AvgIpc) is 2.91. The minimum absolute atomic E-state index is 0.190. The molecule has 0 saturated carbocycles. The summed E-state index contributed by atoms with van der Waals surface area (Å²) in [5.41, 5.74) is 1.98. The summed E-state index contributed by atoms with van der Waals surface area (Å²) in [7, 11) is 0. The van der Waals surface area contributed by atoms with Crippen molar-refractivity contribution in [1.29, 1.82) is 0 Å². The molecule has 5 nitrogen and oxygen atoms in total. The molecule has 1 N–H and O–H groups in total. The maximum absolute atomic E-state index is 9.74. The minimum Gasteiger partial charge on any atom is -0.508 e. The number of phenolic OH excluding ortho intramolecular Hbond substituents is 1. The van der Waals surface area contributed by atoms with E-state index in [1.807, 2.05) is 12.1 Å². The number of phenols is 1. The van der Waals surface area contributed by atoms with Crippen molar-refractivity contribution in [3.63, 3.8) is 0 Å². The first-order chi connectivity index (χ1) is 10.1. The predicted octanol–water partition coefficient (Wildman–Crippen LogP) is 4.34. The van der Waals surface area contributed by atoms with Crippen LogP contribution >= 0.6 is 31.9 Å². The molecule has 0 bridgehead atoms. The lowest BCUT2D eigenvalue weighted by molar-refractivity contribution is 0.430. The van der Waals surface area contributed by atoms with Crippen LogP contribution in [0.25, 0.3) is 23.0 Å². The normalized spacial score (nSPS) is 10.8. The molecule has 7 heteroatoms. The van der Waals surface area contributed by atoms with Crippen LogP contribution in [-0.2, 0) is 0 Å². The molecule has 0 fully saturated rings. The van der Waals surface area contributed by atoms with Gasteiger partial charge in [-0.25, -0.2) is 0 Å². The lowest BCUT2D eigenvalue weighted by Crippen LogP contribution is -1.88. The van der Waals surface area contributed by atoms with E-state index in [9.17, 15) is 5.11 Å². The Balaban J connectivity index is 2.06. The Morgan fingerprint density at radius 2 is 2.05 bits per heavy atom. The monoisotopic (exact) mass is 409 g/mol. The van der Waals surface area contributed by atoms with Gasteiger partial charge < -0.3 is 9.63 Å². The maximum atomic E-state index is 9.74. The second-order valence-electron chi connectivity index (χ2n) is 4.36. The smallest absolute Gasteiger partial charge is 0.258 e. The number of pyridine rings is 1. The summed E-state index contributed by atoms with van der Waals surface area (Å²) in [5.74, 6) is 0.914. The molecule has 0 atom stereocenters. The van der Waals surface area contributed by atoms with Crippen LogP contribution in [0.15, 0.2) is 43.9 Å². The molecule has 1 aromatic carbocycles. The molecule has 0 radical (unpaired) electrons. The van der Waals surface area contributed by atoms with Crippen LogP contribution in [0.2, 0.25) is 0 Å². The van der Waals surface area contributed by atoms with Crippen LogP contribution in [0.4, 0.5) is 0 Å². The second kappa shape index (κ2) is 5.57. The number of hydrogen-bond acceptors (Lipinski definition) is 5. The molecular weight excluding hydrogens is 402 g/mol. The number of aromatic hydroxyl groups is 1. The first-order valence-corrected chi connectivity index (χ1v) is 7.59. The van der Waals surface area contributed by atoms with E-state index >= 15 is 0 Å². The van der Waals surface area contributed by atoms with Gasteiger partial charge in [-0.2, -0.15) is 4.98 Å². The van der Waals surface area contributed by atoms with Crippen molar-refractivity contribution in [2.45, 2.75) is 6.92 Å². The molecule has 21 heavy (non-hydrogen) atoms. The van der Waals surface area contributed by atoms with E-state index < -0.39 is 0 Å². The fourth-order valence-corrected chi connectivity index (χ4v) is 3.03. The van der Waals surface area contributed by atoms with E-state index in [4.69, 9.17) is 4.52 Å².